The van der Waals surface area contributed by atoms with Crippen LogP contribution in [-0.4, -0.2) is 18.1 Å². The van der Waals surface area contributed by atoms with Crippen molar-refractivity contribution in [1.82, 2.24) is 0 Å². The number of fused-ring (bicyclic) bond motifs is 1. The van der Waals surface area contributed by atoms with Crippen LogP contribution in [0.15, 0.2) is 83.8 Å². The molecular formula is C23H21N3O4S. The molecule has 5 N–H and O–H groups in total. The van der Waals surface area contributed by atoms with Gasteiger partial charge in [-0.3, -0.25) is 15.0 Å². The van der Waals surface area contributed by atoms with E-state index in [1.165, 1.54) is 11.1 Å². The summed E-state index contributed by atoms with van der Waals surface area (Å²) in [6, 6.07) is 22.2. The first-order valence-corrected chi connectivity index (χ1v) is 10.9. The number of anilines is 4. The summed E-state index contributed by atoms with van der Waals surface area (Å²) in [7, 11) is -4.55. The molecule has 0 heterocycles. The molecule has 0 radical (unpaired) electrons. The standard InChI is InChI=1S/C23H21N3O4S/c1-15-7-4-14-21(31(28,29)30)23(15)26(25-18-11-3-2-10-17(18)24)19-12-5-8-16-9-6-13-20(27)22(16)19/h2-14,25,27H,24H2,1H3,(H,28,29,30). The Kier molecular flexibility index (Phi) is 5.18. The summed E-state index contributed by atoms with van der Waals surface area (Å²) in [6.07, 6.45) is 0. The summed E-state index contributed by atoms with van der Waals surface area (Å²) in [5.41, 5.74) is 11.6. The SMILES string of the molecule is Cc1cccc(S(=O)(=O)O)c1N(Nc1ccccc1N)c1cccc2cccc(O)c12. The predicted octanol–water partition coefficient (Wildman–Crippen LogP) is 4.85. The first kappa shape index (κ1) is 20.5. The summed E-state index contributed by atoms with van der Waals surface area (Å²) < 4.78 is 34.4. The molecule has 0 aliphatic rings. The largest absolute Gasteiger partial charge is 0.507 e. The number of phenols is 1. The van der Waals surface area contributed by atoms with E-state index in [9.17, 15) is 18.1 Å². The van der Waals surface area contributed by atoms with Crippen LogP contribution in [0, 0.1) is 6.92 Å². The highest BCUT2D eigenvalue weighted by molar-refractivity contribution is 7.86. The zero-order chi connectivity index (χ0) is 22.2. The highest BCUT2D eigenvalue weighted by atomic mass is 32.2. The molecule has 0 saturated heterocycles. The number of benzene rings is 4. The summed E-state index contributed by atoms with van der Waals surface area (Å²) in [5, 5.41) is 13.4. The van der Waals surface area contributed by atoms with Crippen molar-refractivity contribution in [3.8, 4) is 5.75 Å². The van der Waals surface area contributed by atoms with Crippen molar-refractivity contribution < 1.29 is 18.1 Å². The molecule has 4 rings (SSSR count). The van der Waals surface area contributed by atoms with Gasteiger partial charge >= 0.3 is 0 Å². The second kappa shape index (κ2) is 7.82. The number of para-hydroxylation sites is 3. The zero-order valence-electron chi connectivity index (χ0n) is 16.6. The van der Waals surface area contributed by atoms with E-state index < -0.39 is 10.1 Å². The molecule has 0 aliphatic heterocycles. The van der Waals surface area contributed by atoms with Crippen LogP contribution in [0.2, 0.25) is 0 Å². The molecule has 0 spiro atoms. The highest BCUT2D eigenvalue weighted by Crippen LogP contribution is 2.41. The third-order valence-corrected chi connectivity index (χ3v) is 5.88. The molecule has 0 atom stereocenters. The van der Waals surface area contributed by atoms with Gasteiger partial charge in [0.2, 0.25) is 0 Å². The van der Waals surface area contributed by atoms with Gasteiger partial charge in [0.15, 0.2) is 0 Å². The lowest BCUT2D eigenvalue weighted by Gasteiger charge is -2.31. The van der Waals surface area contributed by atoms with E-state index in [2.05, 4.69) is 5.43 Å². The fraction of sp³-hybridized carbons (Fsp3) is 0.0435. The number of hydrogen-bond donors (Lipinski definition) is 4. The Morgan fingerprint density at radius 2 is 1.58 bits per heavy atom. The molecule has 8 heteroatoms. The molecule has 7 nitrogen and oxygen atoms in total. The first-order valence-electron chi connectivity index (χ1n) is 9.46. The van der Waals surface area contributed by atoms with Gasteiger partial charge in [0.25, 0.3) is 10.1 Å². The second-order valence-electron chi connectivity index (χ2n) is 7.08. The highest BCUT2D eigenvalue weighted by Gasteiger charge is 2.25. The molecule has 0 saturated carbocycles. The molecule has 158 valence electrons. The van der Waals surface area contributed by atoms with Crippen molar-refractivity contribution in [2.45, 2.75) is 11.8 Å². The van der Waals surface area contributed by atoms with Crippen molar-refractivity contribution in [2.75, 3.05) is 16.2 Å². The quantitative estimate of drug-likeness (QED) is 0.201. The summed E-state index contributed by atoms with van der Waals surface area (Å²) in [4.78, 5) is -0.276. The second-order valence-corrected chi connectivity index (χ2v) is 8.47. The van der Waals surface area contributed by atoms with Crippen LogP contribution in [-0.2, 0) is 10.1 Å². The van der Waals surface area contributed by atoms with Gasteiger partial charge in [0.05, 0.1) is 22.7 Å². The van der Waals surface area contributed by atoms with Gasteiger partial charge in [0, 0.05) is 5.39 Å². The predicted molar refractivity (Wildman–Crippen MR) is 123 cm³/mol. The Hall–Kier alpha value is -3.75. The van der Waals surface area contributed by atoms with Crippen LogP contribution in [0.1, 0.15) is 5.56 Å². The molecule has 31 heavy (non-hydrogen) atoms. The van der Waals surface area contributed by atoms with Gasteiger partial charge in [-0.15, -0.1) is 0 Å². The Morgan fingerprint density at radius 3 is 2.29 bits per heavy atom. The average molecular weight is 436 g/mol. The maximum absolute atomic E-state index is 12.2. The third kappa shape index (κ3) is 3.86. The average Bonchev–Trinajstić information content (AvgIpc) is 2.73. The molecule has 0 bridgehead atoms. The van der Waals surface area contributed by atoms with Crippen LogP contribution < -0.4 is 16.2 Å². The van der Waals surface area contributed by atoms with E-state index >= 15 is 0 Å². The fourth-order valence-corrected chi connectivity index (χ4v) is 4.32. The molecule has 0 fully saturated rings. The Labute approximate surface area is 180 Å². The first-order chi connectivity index (χ1) is 14.8. The minimum Gasteiger partial charge on any atom is -0.507 e. The van der Waals surface area contributed by atoms with Crippen molar-refractivity contribution >= 4 is 43.6 Å². The van der Waals surface area contributed by atoms with Crippen molar-refractivity contribution in [3.63, 3.8) is 0 Å². The third-order valence-electron chi connectivity index (χ3n) is 5.00. The van der Waals surface area contributed by atoms with Crippen molar-refractivity contribution in [3.05, 3.63) is 84.4 Å². The lowest BCUT2D eigenvalue weighted by Crippen LogP contribution is -2.27. The minimum absolute atomic E-state index is 0.0305. The van der Waals surface area contributed by atoms with E-state index in [4.69, 9.17) is 5.73 Å². The van der Waals surface area contributed by atoms with E-state index in [0.717, 1.165) is 5.39 Å². The topological polar surface area (TPSA) is 116 Å². The lowest BCUT2D eigenvalue weighted by molar-refractivity contribution is 0.481. The normalized spacial score (nSPS) is 11.4. The number of rotatable bonds is 5. The maximum Gasteiger partial charge on any atom is 0.296 e. The number of hydrazine groups is 1. The van der Waals surface area contributed by atoms with E-state index in [1.54, 1.807) is 67.6 Å². The number of phenolic OH excluding ortho intramolecular Hbond substituents is 1. The van der Waals surface area contributed by atoms with Crippen LogP contribution in [0.5, 0.6) is 5.75 Å². The van der Waals surface area contributed by atoms with Crippen molar-refractivity contribution in [2.24, 2.45) is 0 Å². The minimum atomic E-state index is -4.55. The van der Waals surface area contributed by atoms with Gasteiger partial charge in [-0.2, -0.15) is 8.42 Å². The molecule has 4 aromatic carbocycles. The van der Waals surface area contributed by atoms with Crippen LogP contribution in [0.25, 0.3) is 10.8 Å². The zero-order valence-corrected chi connectivity index (χ0v) is 17.5. The van der Waals surface area contributed by atoms with E-state index in [0.29, 0.717) is 28.0 Å². The molecular weight excluding hydrogens is 414 g/mol. The summed E-state index contributed by atoms with van der Waals surface area (Å²) in [6.45, 7) is 1.73. The molecule has 0 unspecified atom stereocenters. The number of aryl methyl sites for hydroxylation is 1. The fourth-order valence-electron chi connectivity index (χ4n) is 3.57. The van der Waals surface area contributed by atoms with Crippen molar-refractivity contribution in [1.29, 1.82) is 0 Å². The molecule has 0 amide bonds. The Balaban J connectivity index is 2.06. The number of nitrogens with one attached hydrogen (secondary N) is 1. The molecule has 0 aliphatic carbocycles. The Morgan fingerprint density at radius 1 is 0.903 bits per heavy atom. The van der Waals surface area contributed by atoms with E-state index in [-0.39, 0.29) is 16.3 Å². The maximum atomic E-state index is 12.2. The number of nitrogen functional groups attached to an aromatic ring is 1. The Bertz CT molecular complexity index is 1380. The van der Waals surface area contributed by atoms with Gasteiger partial charge in [0.1, 0.15) is 10.6 Å². The van der Waals surface area contributed by atoms with E-state index in [1.807, 2.05) is 12.1 Å². The smallest absolute Gasteiger partial charge is 0.296 e. The van der Waals surface area contributed by atoms with Crippen LogP contribution >= 0.6 is 0 Å². The van der Waals surface area contributed by atoms with Gasteiger partial charge in [-0.25, -0.2) is 0 Å². The number of aromatic hydroxyl groups is 1. The van der Waals surface area contributed by atoms with Gasteiger partial charge < -0.3 is 10.8 Å². The van der Waals surface area contributed by atoms with Crippen LogP contribution in [0.3, 0.4) is 0 Å². The van der Waals surface area contributed by atoms with Gasteiger partial charge in [-0.05, 0) is 48.2 Å². The van der Waals surface area contributed by atoms with Crippen LogP contribution in [0.4, 0.5) is 22.7 Å². The van der Waals surface area contributed by atoms with Gasteiger partial charge in [-0.1, -0.05) is 48.5 Å². The lowest BCUT2D eigenvalue weighted by atomic mass is 10.1. The summed E-state index contributed by atoms with van der Waals surface area (Å²) in [5.74, 6) is 0.0305. The molecule has 4 aromatic rings. The summed E-state index contributed by atoms with van der Waals surface area (Å²) >= 11 is 0. The number of nitrogens with two attached hydrogens (primary N) is 1. The monoisotopic (exact) mass is 435 g/mol. The number of hydrogen-bond acceptors (Lipinski definition) is 6. The molecule has 0 aromatic heterocycles. The number of nitrogens with zero attached hydrogens (tertiary/aromatic N) is 1.